The van der Waals surface area contributed by atoms with Crippen LogP contribution >= 0.6 is 0 Å². The van der Waals surface area contributed by atoms with E-state index in [9.17, 15) is 39.6 Å². The van der Waals surface area contributed by atoms with Crippen molar-refractivity contribution in [1.29, 1.82) is 0 Å². The van der Waals surface area contributed by atoms with Crippen LogP contribution in [0.3, 0.4) is 0 Å². The summed E-state index contributed by atoms with van der Waals surface area (Å²) in [5.74, 6) is -6.08. The van der Waals surface area contributed by atoms with Crippen LogP contribution in [0.15, 0.2) is 23.3 Å². The van der Waals surface area contributed by atoms with E-state index in [-0.39, 0.29) is 83.3 Å². The number of hydrogen-bond donors (Lipinski definition) is 0. The fourth-order valence-electron chi connectivity index (χ4n) is 1.81. The average Bonchev–Trinajstić information content (AvgIpc) is 2.65. The molecule has 0 radical (unpaired) electrons. The second-order valence-corrected chi connectivity index (χ2v) is 5.98. The zero-order valence-corrected chi connectivity index (χ0v) is 21.6. The SMILES string of the molecule is CCCCOCC/C(=C/C(=O)[O-])C(=O)[O-].CCCCOCC/C(=C/C(=O)[O-])C(=O)[O-].[Mg+2].[Mg+2]. The number of carbonyl (C=O) groups is 4. The van der Waals surface area contributed by atoms with E-state index in [1.54, 1.807) is 0 Å². The van der Waals surface area contributed by atoms with Crippen LogP contribution in [0.4, 0.5) is 0 Å². The minimum atomic E-state index is -1.54. The van der Waals surface area contributed by atoms with E-state index in [1.165, 1.54) is 0 Å². The summed E-state index contributed by atoms with van der Waals surface area (Å²) in [5.41, 5.74) is -0.627. The fourth-order valence-corrected chi connectivity index (χ4v) is 1.81. The van der Waals surface area contributed by atoms with Gasteiger partial charge in [-0.25, -0.2) is 0 Å². The molecule has 0 saturated heterocycles. The maximum atomic E-state index is 10.4. The van der Waals surface area contributed by atoms with Crippen molar-refractivity contribution in [3.05, 3.63) is 23.3 Å². The molecule has 0 aromatic rings. The molecule has 0 heterocycles. The molecule has 10 nitrogen and oxygen atoms in total. The second-order valence-electron chi connectivity index (χ2n) is 5.98. The predicted molar refractivity (Wildman–Crippen MR) is 108 cm³/mol. The van der Waals surface area contributed by atoms with E-state index in [4.69, 9.17) is 9.47 Å². The van der Waals surface area contributed by atoms with Crippen molar-refractivity contribution < 1.29 is 49.1 Å². The Bertz CT molecular complexity index is 551. The first kappa shape index (κ1) is 38.1. The van der Waals surface area contributed by atoms with Gasteiger partial charge < -0.3 is 49.1 Å². The molecule has 0 N–H and O–H groups in total. The van der Waals surface area contributed by atoms with Gasteiger partial charge in [-0.3, -0.25) is 0 Å². The summed E-state index contributed by atoms with van der Waals surface area (Å²) in [6, 6.07) is 0. The normalized spacial score (nSPS) is 10.7. The molecule has 32 heavy (non-hydrogen) atoms. The predicted octanol–water partition coefficient (Wildman–Crippen LogP) is -3.52. The summed E-state index contributed by atoms with van der Waals surface area (Å²) in [7, 11) is 0. The van der Waals surface area contributed by atoms with E-state index in [2.05, 4.69) is 0 Å². The minimum absolute atomic E-state index is 0. The Hall–Kier alpha value is -1.19. The number of rotatable bonds is 16. The number of hydrogen-bond acceptors (Lipinski definition) is 10. The Balaban J connectivity index is -0.000000231. The maximum absolute atomic E-state index is 10.4. The first-order chi connectivity index (χ1) is 14.1. The Morgan fingerprint density at radius 1 is 0.625 bits per heavy atom. The zero-order chi connectivity index (χ0) is 23.4. The van der Waals surface area contributed by atoms with Crippen LogP contribution in [0.2, 0.25) is 0 Å². The van der Waals surface area contributed by atoms with Gasteiger partial charge in [-0.1, -0.05) is 26.7 Å². The van der Waals surface area contributed by atoms with Gasteiger partial charge in [0.05, 0.1) is 37.1 Å². The topological polar surface area (TPSA) is 179 Å². The standard InChI is InChI=1S/2C10H16O5.2Mg/c2*1-2-3-5-15-6-4-8(10(13)14)7-9(11)12;;/h2*7H,2-6H2,1H3,(H,11,12)(H,13,14);;/q;;2*+2/p-4/b2*8-7-;;. The number of ether oxygens (including phenoxy) is 2. The van der Waals surface area contributed by atoms with Crippen molar-refractivity contribution in [3.63, 3.8) is 0 Å². The first-order valence-electron chi connectivity index (χ1n) is 9.56. The Labute approximate surface area is 220 Å². The monoisotopic (exact) mass is 476 g/mol. The van der Waals surface area contributed by atoms with Gasteiger partial charge in [0.2, 0.25) is 0 Å². The summed E-state index contributed by atoms with van der Waals surface area (Å²) in [5, 5.41) is 41.1. The number of carboxylic acid groups (broad SMARTS) is 4. The molecule has 0 aliphatic heterocycles. The fraction of sp³-hybridized carbons (Fsp3) is 0.600. The summed E-state index contributed by atoms with van der Waals surface area (Å²) < 4.78 is 10.2. The van der Waals surface area contributed by atoms with Gasteiger partial charge in [0.15, 0.2) is 0 Å². The summed E-state index contributed by atoms with van der Waals surface area (Å²) in [6.45, 7) is 5.45. The van der Waals surface area contributed by atoms with Crippen molar-refractivity contribution in [3.8, 4) is 0 Å². The Morgan fingerprint density at radius 2 is 0.938 bits per heavy atom. The third kappa shape index (κ3) is 26.8. The van der Waals surface area contributed by atoms with Crippen molar-refractivity contribution in [1.82, 2.24) is 0 Å². The van der Waals surface area contributed by atoms with Crippen LogP contribution in [-0.4, -0.2) is 96.4 Å². The third-order valence-corrected chi connectivity index (χ3v) is 3.42. The summed E-state index contributed by atoms with van der Waals surface area (Å²) in [4.78, 5) is 41.1. The molecular formula is C20H28Mg2O10. The van der Waals surface area contributed by atoms with Crippen molar-refractivity contribution in [2.75, 3.05) is 26.4 Å². The maximum Gasteiger partial charge on any atom is 2.00 e. The number of carbonyl (C=O) groups excluding carboxylic acids is 4. The van der Waals surface area contributed by atoms with Crippen LogP contribution in [0, 0.1) is 0 Å². The van der Waals surface area contributed by atoms with Crippen LogP contribution < -0.4 is 20.4 Å². The number of aliphatic carboxylic acids is 4. The molecule has 0 fully saturated rings. The van der Waals surface area contributed by atoms with E-state index >= 15 is 0 Å². The van der Waals surface area contributed by atoms with Crippen molar-refractivity contribution in [2.24, 2.45) is 0 Å². The van der Waals surface area contributed by atoms with Gasteiger partial charge in [-0.05, 0) is 49.0 Å². The molecule has 0 atom stereocenters. The van der Waals surface area contributed by atoms with Gasteiger partial charge in [0.25, 0.3) is 0 Å². The van der Waals surface area contributed by atoms with Crippen molar-refractivity contribution >= 4 is 70.0 Å². The molecule has 0 aliphatic carbocycles. The quantitative estimate of drug-likeness (QED) is 0.123. The van der Waals surface area contributed by atoms with Gasteiger partial charge in [0.1, 0.15) is 0 Å². The van der Waals surface area contributed by atoms with E-state index in [0.29, 0.717) is 25.4 Å². The molecule has 12 heteroatoms. The molecule has 0 bridgehead atoms. The molecule has 0 saturated carbocycles. The van der Waals surface area contributed by atoms with Gasteiger partial charge in [0, 0.05) is 13.2 Å². The average molecular weight is 477 g/mol. The van der Waals surface area contributed by atoms with E-state index in [0.717, 1.165) is 25.7 Å². The molecule has 0 unspecified atom stereocenters. The van der Waals surface area contributed by atoms with Crippen LogP contribution in [0.5, 0.6) is 0 Å². The molecule has 172 valence electrons. The van der Waals surface area contributed by atoms with Crippen molar-refractivity contribution in [2.45, 2.75) is 52.4 Å². The largest absolute Gasteiger partial charge is 2.00 e. The van der Waals surface area contributed by atoms with Gasteiger partial charge in [-0.15, -0.1) is 0 Å². The Kier molecular flexibility index (Phi) is 31.0. The molecular weight excluding hydrogens is 449 g/mol. The minimum Gasteiger partial charge on any atom is -0.545 e. The molecule has 0 amide bonds. The first-order valence-corrected chi connectivity index (χ1v) is 9.56. The van der Waals surface area contributed by atoms with E-state index in [1.807, 2.05) is 13.8 Å². The molecule has 0 aromatic heterocycles. The molecule has 0 rings (SSSR count). The summed E-state index contributed by atoms with van der Waals surface area (Å²) >= 11 is 0. The zero-order valence-electron chi connectivity index (χ0n) is 18.7. The molecule has 0 aromatic carbocycles. The van der Waals surface area contributed by atoms with Crippen LogP contribution in [0.25, 0.3) is 0 Å². The third-order valence-electron chi connectivity index (χ3n) is 3.42. The van der Waals surface area contributed by atoms with E-state index < -0.39 is 23.9 Å². The second kappa shape index (κ2) is 26.1. The Morgan fingerprint density at radius 3 is 1.16 bits per heavy atom. The smallest absolute Gasteiger partial charge is 0.545 e. The van der Waals surface area contributed by atoms with Gasteiger partial charge >= 0.3 is 46.1 Å². The van der Waals surface area contributed by atoms with Gasteiger partial charge in [-0.2, -0.15) is 0 Å². The van der Waals surface area contributed by atoms with Crippen LogP contribution in [0.1, 0.15) is 52.4 Å². The number of carboxylic acids is 4. The molecule has 0 aliphatic rings. The molecule has 0 spiro atoms. The van der Waals surface area contributed by atoms with Crippen LogP contribution in [-0.2, 0) is 28.7 Å². The number of unbranched alkanes of at least 4 members (excludes halogenated alkanes) is 2. The summed E-state index contributed by atoms with van der Waals surface area (Å²) in [6.07, 6.45) is 4.84.